The van der Waals surface area contributed by atoms with Gasteiger partial charge in [-0.15, -0.1) is 0 Å². The summed E-state index contributed by atoms with van der Waals surface area (Å²) in [7, 11) is 0. The van der Waals surface area contributed by atoms with Crippen molar-refractivity contribution < 1.29 is 19.1 Å². The fourth-order valence-electron chi connectivity index (χ4n) is 7.06. The molecule has 0 saturated heterocycles. The number of esters is 2. The van der Waals surface area contributed by atoms with Gasteiger partial charge in [0.05, 0.1) is 11.8 Å². The van der Waals surface area contributed by atoms with Crippen LogP contribution in [-0.2, 0) is 19.1 Å². The van der Waals surface area contributed by atoms with Crippen molar-refractivity contribution >= 4 is 11.9 Å². The van der Waals surface area contributed by atoms with Crippen molar-refractivity contribution in [3.63, 3.8) is 0 Å². The van der Waals surface area contributed by atoms with Crippen LogP contribution in [-0.4, -0.2) is 11.9 Å². The fraction of sp³-hybridized carbons (Fsp3) is 0.632. The lowest BCUT2D eigenvalue weighted by Crippen LogP contribution is -2.31. The molecule has 0 heterocycles. The van der Waals surface area contributed by atoms with Crippen molar-refractivity contribution in [3.05, 3.63) is 71.8 Å². The summed E-state index contributed by atoms with van der Waals surface area (Å²) >= 11 is 0. The molecule has 0 bridgehead atoms. The zero-order valence-corrected chi connectivity index (χ0v) is 27.1. The second kappa shape index (κ2) is 16.9. The van der Waals surface area contributed by atoms with E-state index in [0.29, 0.717) is 5.92 Å². The van der Waals surface area contributed by atoms with Gasteiger partial charge in [-0.25, -0.2) is 0 Å². The van der Waals surface area contributed by atoms with Gasteiger partial charge in [-0.3, -0.25) is 9.59 Å². The van der Waals surface area contributed by atoms with Crippen LogP contribution >= 0.6 is 0 Å². The first-order valence-corrected chi connectivity index (χ1v) is 16.8. The van der Waals surface area contributed by atoms with E-state index in [4.69, 9.17) is 9.47 Å². The zero-order chi connectivity index (χ0) is 30.5. The van der Waals surface area contributed by atoms with E-state index in [9.17, 15) is 9.59 Å². The van der Waals surface area contributed by atoms with Gasteiger partial charge < -0.3 is 9.47 Å². The third-order valence-electron chi connectivity index (χ3n) is 10.6. The molecule has 0 N–H and O–H groups in total. The van der Waals surface area contributed by atoms with Crippen molar-refractivity contribution in [1.29, 1.82) is 0 Å². The molecule has 4 nitrogen and oxygen atoms in total. The van der Waals surface area contributed by atoms with Crippen LogP contribution in [0.2, 0.25) is 0 Å². The Hall–Kier alpha value is -2.62. The molecule has 0 aliphatic heterocycles. The maximum atomic E-state index is 13.7. The monoisotopic (exact) mass is 576 g/mol. The second-order valence-corrected chi connectivity index (χ2v) is 12.7. The fourth-order valence-corrected chi connectivity index (χ4v) is 7.06. The van der Waals surface area contributed by atoms with Crippen LogP contribution in [0, 0.1) is 29.1 Å². The minimum atomic E-state index is -0.721. The first kappa shape index (κ1) is 33.9. The Bertz CT molecular complexity index is 1040. The first-order chi connectivity index (χ1) is 20.3. The van der Waals surface area contributed by atoms with Crippen LogP contribution in [0.4, 0.5) is 0 Å². The molecule has 1 unspecified atom stereocenters. The maximum absolute atomic E-state index is 13.7. The smallest absolute Gasteiger partial charge is 0.309 e. The highest BCUT2D eigenvalue weighted by Gasteiger charge is 2.37. The van der Waals surface area contributed by atoms with E-state index in [1.165, 1.54) is 12.8 Å². The average molecular weight is 577 g/mol. The van der Waals surface area contributed by atoms with Gasteiger partial charge in [0.25, 0.3) is 0 Å². The predicted octanol–water partition coefficient (Wildman–Crippen LogP) is 10.4. The highest BCUT2D eigenvalue weighted by Crippen LogP contribution is 2.41. The number of carbonyl (C=O) groups is 2. The number of hydrogen-bond acceptors (Lipinski definition) is 4. The molecule has 42 heavy (non-hydrogen) atoms. The van der Waals surface area contributed by atoms with E-state index in [-0.39, 0.29) is 29.2 Å². The number of rotatable bonds is 16. The van der Waals surface area contributed by atoms with Crippen molar-refractivity contribution in [2.75, 3.05) is 0 Å². The Kier molecular flexibility index (Phi) is 13.6. The third-order valence-corrected chi connectivity index (χ3v) is 10.6. The van der Waals surface area contributed by atoms with Gasteiger partial charge in [-0.1, -0.05) is 134 Å². The Balaban J connectivity index is 1.82. The SMILES string of the molecule is CCC(CC)C1CCC(C(=O)O[C@H](c2ccccc2)[C@H](OC(=O)C(C)CCC(CC)(CC)CC)c2ccccc2)CC1. The standard InChI is InChI=1S/C38H56O4/c1-7-29(8-2)30-22-24-33(25-23-30)37(40)42-35(32-20-16-13-17-21-32)34(31-18-14-12-15-19-31)41-36(39)28(6)26-27-38(9-3,10-4)11-5/h12-21,28-30,33-35H,7-11,22-27H2,1-6H3/t28?,30?,33?,34-,35-/m1/s1. The molecule has 0 amide bonds. The summed E-state index contributed by atoms with van der Waals surface area (Å²) in [5.41, 5.74) is 1.94. The summed E-state index contributed by atoms with van der Waals surface area (Å²) in [6.45, 7) is 13.3. The van der Waals surface area contributed by atoms with E-state index < -0.39 is 12.2 Å². The van der Waals surface area contributed by atoms with E-state index in [0.717, 1.165) is 74.8 Å². The Morgan fingerprint density at radius 2 is 1.21 bits per heavy atom. The van der Waals surface area contributed by atoms with E-state index >= 15 is 0 Å². The first-order valence-electron chi connectivity index (χ1n) is 16.8. The summed E-state index contributed by atoms with van der Waals surface area (Å²) in [4.78, 5) is 27.3. The molecule has 0 aromatic heterocycles. The lowest BCUT2D eigenvalue weighted by molar-refractivity contribution is -0.176. The highest BCUT2D eigenvalue weighted by atomic mass is 16.6. The van der Waals surface area contributed by atoms with Gasteiger partial charge >= 0.3 is 11.9 Å². The van der Waals surface area contributed by atoms with Crippen LogP contribution in [0.1, 0.15) is 136 Å². The van der Waals surface area contributed by atoms with Gasteiger partial charge in [0.15, 0.2) is 12.2 Å². The molecule has 2 aromatic carbocycles. The molecule has 232 valence electrons. The molecule has 0 radical (unpaired) electrons. The van der Waals surface area contributed by atoms with E-state index in [2.05, 4.69) is 34.6 Å². The Morgan fingerprint density at radius 3 is 1.67 bits per heavy atom. The number of benzene rings is 2. The summed E-state index contributed by atoms with van der Waals surface area (Å²) in [6.07, 6.45) is 9.96. The highest BCUT2D eigenvalue weighted by molar-refractivity contribution is 5.74. The van der Waals surface area contributed by atoms with Crippen LogP contribution < -0.4 is 0 Å². The molecule has 1 aliphatic rings. The van der Waals surface area contributed by atoms with Crippen molar-refractivity contribution in [2.24, 2.45) is 29.1 Å². The molecule has 1 aliphatic carbocycles. The van der Waals surface area contributed by atoms with Gasteiger partial charge in [0, 0.05) is 0 Å². The molecule has 2 aromatic rings. The molecular weight excluding hydrogens is 520 g/mol. The minimum Gasteiger partial charge on any atom is -0.453 e. The lowest BCUT2D eigenvalue weighted by Gasteiger charge is -2.34. The summed E-state index contributed by atoms with van der Waals surface area (Å²) in [5, 5.41) is 0. The lowest BCUT2D eigenvalue weighted by atomic mass is 9.74. The Labute approximate surface area is 256 Å². The van der Waals surface area contributed by atoms with Crippen molar-refractivity contribution in [1.82, 2.24) is 0 Å². The molecule has 0 spiro atoms. The molecule has 3 rings (SSSR count). The van der Waals surface area contributed by atoms with E-state index in [1.807, 2.05) is 67.6 Å². The van der Waals surface area contributed by atoms with Crippen LogP contribution in [0.15, 0.2) is 60.7 Å². The quantitative estimate of drug-likeness (QED) is 0.187. The van der Waals surface area contributed by atoms with Gasteiger partial charge in [0.1, 0.15) is 0 Å². The molecule has 4 heteroatoms. The molecular formula is C38H56O4. The van der Waals surface area contributed by atoms with Gasteiger partial charge in [-0.2, -0.15) is 0 Å². The van der Waals surface area contributed by atoms with Crippen molar-refractivity contribution in [2.45, 2.75) is 124 Å². The minimum absolute atomic E-state index is 0.113. The average Bonchev–Trinajstić information content (AvgIpc) is 3.05. The second-order valence-electron chi connectivity index (χ2n) is 12.7. The van der Waals surface area contributed by atoms with Crippen LogP contribution in [0.3, 0.4) is 0 Å². The number of ether oxygens (including phenoxy) is 2. The summed E-state index contributed by atoms with van der Waals surface area (Å²) in [5.74, 6) is 0.672. The van der Waals surface area contributed by atoms with Crippen molar-refractivity contribution in [3.8, 4) is 0 Å². The van der Waals surface area contributed by atoms with Crippen LogP contribution in [0.5, 0.6) is 0 Å². The topological polar surface area (TPSA) is 52.6 Å². The number of carbonyl (C=O) groups excluding carboxylic acids is 2. The van der Waals surface area contributed by atoms with Crippen LogP contribution in [0.25, 0.3) is 0 Å². The molecule has 1 saturated carbocycles. The maximum Gasteiger partial charge on any atom is 0.309 e. The normalized spacial score (nSPS) is 19.6. The van der Waals surface area contributed by atoms with E-state index in [1.54, 1.807) is 0 Å². The number of hydrogen-bond donors (Lipinski definition) is 0. The van der Waals surface area contributed by atoms with Gasteiger partial charge in [-0.05, 0) is 66.9 Å². The summed E-state index contributed by atoms with van der Waals surface area (Å²) < 4.78 is 12.7. The third kappa shape index (κ3) is 8.94. The molecule has 1 fully saturated rings. The molecule has 3 atom stereocenters. The predicted molar refractivity (Wildman–Crippen MR) is 172 cm³/mol. The van der Waals surface area contributed by atoms with Gasteiger partial charge in [0.2, 0.25) is 0 Å². The largest absolute Gasteiger partial charge is 0.453 e. The summed E-state index contributed by atoms with van der Waals surface area (Å²) in [6, 6.07) is 19.5. The zero-order valence-electron chi connectivity index (χ0n) is 27.1. The Morgan fingerprint density at radius 1 is 0.738 bits per heavy atom.